The van der Waals surface area contributed by atoms with Crippen LogP contribution in [0.1, 0.15) is 27.3 Å². The van der Waals surface area contributed by atoms with Gasteiger partial charge in [-0.1, -0.05) is 6.07 Å². The number of primary amides is 1. The Bertz CT molecular complexity index is 994. The van der Waals surface area contributed by atoms with Crippen LogP contribution in [0.15, 0.2) is 18.3 Å². The molecule has 25 heavy (non-hydrogen) atoms. The Kier molecular flexibility index (Phi) is 4.05. The van der Waals surface area contributed by atoms with Gasteiger partial charge in [-0.05, 0) is 25.5 Å². The average Bonchev–Trinajstić information content (AvgIpc) is 2.87. The summed E-state index contributed by atoms with van der Waals surface area (Å²) in [5.74, 6) is 0.408. The lowest BCUT2D eigenvalue weighted by atomic mass is 10.1. The zero-order valence-electron chi connectivity index (χ0n) is 14.2. The van der Waals surface area contributed by atoms with Crippen molar-refractivity contribution in [2.45, 2.75) is 20.5 Å². The Labute approximate surface area is 144 Å². The highest BCUT2D eigenvalue weighted by Crippen LogP contribution is 2.35. The van der Waals surface area contributed by atoms with Crippen molar-refractivity contribution in [3.05, 3.63) is 40.8 Å². The molecule has 0 aliphatic rings. The SMILES string of the molecule is COc1ccc(C)c(-n2c(N)c(C(N)=O)c3cnc(CO)nc32)c1C. The second-order valence-corrected chi connectivity index (χ2v) is 5.70. The molecule has 2 heterocycles. The normalized spacial score (nSPS) is 11.0. The van der Waals surface area contributed by atoms with Crippen LogP contribution >= 0.6 is 0 Å². The second-order valence-electron chi connectivity index (χ2n) is 5.70. The number of amides is 1. The molecular formula is C17H19N5O3. The third kappa shape index (κ3) is 2.47. The molecule has 0 aliphatic heterocycles. The van der Waals surface area contributed by atoms with Crippen molar-refractivity contribution in [2.75, 3.05) is 12.8 Å². The van der Waals surface area contributed by atoms with Gasteiger partial charge in [-0.3, -0.25) is 9.36 Å². The van der Waals surface area contributed by atoms with Crippen LogP contribution in [0.5, 0.6) is 5.75 Å². The molecule has 0 atom stereocenters. The van der Waals surface area contributed by atoms with E-state index < -0.39 is 5.91 Å². The lowest BCUT2D eigenvalue weighted by Gasteiger charge is -2.16. The van der Waals surface area contributed by atoms with E-state index in [0.29, 0.717) is 16.8 Å². The minimum absolute atomic E-state index is 0.154. The van der Waals surface area contributed by atoms with Crippen LogP contribution in [0.2, 0.25) is 0 Å². The molecule has 0 saturated heterocycles. The Morgan fingerprint density at radius 2 is 2.08 bits per heavy atom. The summed E-state index contributed by atoms with van der Waals surface area (Å²) in [4.78, 5) is 20.3. The fraction of sp³-hybridized carbons (Fsp3) is 0.235. The fourth-order valence-corrected chi connectivity index (χ4v) is 3.06. The molecule has 0 aliphatic carbocycles. The molecule has 0 bridgehead atoms. The van der Waals surface area contributed by atoms with Gasteiger partial charge in [-0.25, -0.2) is 9.97 Å². The van der Waals surface area contributed by atoms with E-state index >= 15 is 0 Å². The summed E-state index contributed by atoms with van der Waals surface area (Å²) in [5.41, 5.74) is 14.8. The van der Waals surface area contributed by atoms with E-state index in [4.69, 9.17) is 16.2 Å². The Balaban J connectivity index is 2.49. The van der Waals surface area contributed by atoms with E-state index in [1.54, 1.807) is 11.7 Å². The lowest BCUT2D eigenvalue weighted by Crippen LogP contribution is -2.14. The van der Waals surface area contributed by atoms with Gasteiger partial charge >= 0.3 is 0 Å². The molecule has 1 aromatic carbocycles. The zero-order chi connectivity index (χ0) is 18.3. The zero-order valence-corrected chi connectivity index (χ0v) is 14.2. The highest BCUT2D eigenvalue weighted by Gasteiger charge is 2.24. The minimum Gasteiger partial charge on any atom is -0.496 e. The van der Waals surface area contributed by atoms with Gasteiger partial charge in [0.1, 0.15) is 18.2 Å². The number of methoxy groups -OCH3 is 1. The third-order valence-electron chi connectivity index (χ3n) is 4.21. The highest BCUT2D eigenvalue weighted by atomic mass is 16.5. The number of aliphatic hydroxyl groups is 1. The fourth-order valence-electron chi connectivity index (χ4n) is 3.06. The molecule has 2 aromatic heterocycles. The van der Waals surface area contributed by atoms with E-state index in [1.165, 1.54) is 6.20 Å². The van der Waals surface area contributed by atoms with Crippen molar-refractivity contribution in [3.63, 3.8) is 0 Å². The van der Waals surface area contributed by atoms with Gasteiger partial charge in [-0.2, -0.15) is 0 Å². The summed E-state index contributed by atoms with van der Waals surface area (Å²) < 4.78 is 7.05. The largest absolute Gasteiger partial charge is 0.496 e. The molecule has 8 heteroatoms. The smallest absolute Gasteiger partial charge is 0.253 e. The number of nitrogen functional groups attached to an aromatic ring is 1. The Morgan fingerprint density at radius 1 is 1.36 bits per heavy atom. The van der Waals surface area contributed by atoms with Gasteiger partial charge in [0.15, 0.2) is 11.5 Å². The van der Waals surface area contributed by atoms with Crippen molar-refractivity contribution >= 4 is 22.8 Å². The molecule has 0 radical (unpaired) electrons. The first-order valence-corrected chi connectivity index (χ1v) is 7.61. The lowest BCUT2D eigenvalue weighted by molar-refractivity contribution is 0.100. The van der Waals surface area contributed by atoms with Crippen molar-refractivity contribution in [3.8, 4) is 11.4 Å². The minimum atomic E-state index is -0.667. The number of anilines is 1. The summed E-state index contributed by atoms with van der Waals surface area (Å²) in [6, 6.07) is 3.75. The van der Waals surface area contributed by atoms with E-state index in [0.717, 1.165) is 16.8 Å². The molecule has 0 fully saturated rings. The standard InChI is InChI=1S/C17H19N5O3/c1-8-4-5-11(25-3)9(2)14(8)22-15(18)13(16(19)24)10-6-20-12(7-23)21-17(10)22/h4-6,23H,7,18H2,1-3H3,(H2,19,24). The van der Waals surface area contributed by atoms with Crippen LogP contribution in [0, 0.1) is 13.8 Å². The second kappa shape index (κ2) is 6.06. The van der Waals surface area contributed by atoms with E-state index in [1.807, 2.05) is 26.0 Å². The third-order valence-corrected chi connectivity index (χ3v) is 4.21. The molecule has 5 N–H and O–H groups in total. The molecule has 3 rings (SSSR count). The maximum atomic E-state index is 11.9. The van der Waals surface area contributed by atoms with Crippen molar-refractivity contribution in [1.82, 2.24) is 14.5 Å². The molecular weight excluding hydrogens is 322 g/mol. The van der Waals surface area contributed by atoms with Crippen molar-refractivity contribution in [1.29, 1.82) is 0 Å². The molecule has 0 saturated carbocycles. The average molecular weight is 341 g/mol. The number of carbonyl (C=O) groups is 1. The van der Waals surface area contributed by atoms with Crippen LogP contribution in [0.4, 0.5) is 5.82 Å². The number of aryl methyl sites for hydroxylation is 1. The number of ether oxygens (including phenoxy) is 1. The number of nitrogens with two attached hydrogens (primary N) is 2. The first-order chi connectivity index (χ1) is 11.9. The molecule has 1 amide bonds. The number of carbonyl (C=O) groups excluding carboxylic acids is 1. The number of rotatable bonds is 4. The molecule has 130 valence electrons. The predicted molar refractivity (Wildman–Crippen MR) is 93.7 cm³/mol. The Morgan fingerprint density at radius 3 is 2.68 bits per heavy atom. The van der Waals surface area contributed by atoms with Gasteiger partial charge in [0, 0.05) is 11.8 Å². The van der Waals surface area contributed by atoms with Crippen LogP contribution < -0.4 is 16.2 Å². The molecule has 3 aromatic rings. The van der Waals surface area contributed by atoms with Gasteiger partial charge < -0.3 is 21.3 Å². The summed E-state index contributed by atoms with van der Waals surface area (Å²) in [5, 5.41) is 9.79. The van der Waals surface area contributed by atoms with Crippen LogP contribution in [0.25, 0.3) is 16.7 Å². The van der Waals surface area contributed by atoms with Gasteiger partial charge in [0.25, 0.3) is 5.91 Å². The summed E-state index contributed by atoms with van der Waals surface area (Å²) in [6.45, 7) is 3.48. The van der Waals surface area contributed by atoms with Gasteiger partial charge in [0.05, 0.1) is 23.7 Å². The van der Waals surface area contributed by atoms with Gasteiger partial charge in [0.2, 0.25) is 0 Å². The summed E-state index contributed by atoms with van der Waals surface area (Å²) in [7, 11) is 1.58. The predicted octanol–water partition coefficient (Wildman–Crippen LogP) is 1.22. The maximum absolute atomic E-state index is 11.9. The monoisotopic (exact) mass is 341 g/mol. The number of fused-ring (bicyclic) bond motifs is 1. The topological polar surface area (TPSA) is 129 Å². The number of benzene rings is 1. The van der Waals surface area contributed by atoms with Crippen molar-refractivity contribution in [2.24, 2.45) is 5.73 Å². The molecule has 8 nitrogen and oxygen atoms in total. The van der Waals surface area contributed by atoms with E-state index in [2.05, 4.69) is 9.97 Å². The van der Waals surface area contributed by atoms with Crippen LogP contribution in [0.3, 0.4) is 0 Å². The number of aliphatic hydroxyl groups excluding tert-OH is 1. The van der Waals surface area contributed by atoms with E-state index in [9.17, 15) is 9.90 Å². The molecule has 0 spiro atoms. The Hall–Kier alpha value is -3.13. The summed E-state index contributed by atoms with van der Waals surface area (Å²) in [6.07, 6.45) is 1.45. The highest BCUT2D eigenvalue weighted by molar-refractivity contribution is 6.10. The first kappa shape index (κ1) is 16.7. The number of nitrogens with zero attached hydrogens (tertiary/aromatic N) is 3. The van der Waals surface area contributed by atoms with Crippen molar-refractivity contribution < 1.29 is 14.6 Å². The number of hydrogen-bond donors (Lipinski definition) is 3. The van der Waals surface area contributed by atoms with Crippen LogP contribution in [-0.2, 0) is 6.61 Å². The first-order valence-electron chi connectivity index (χ1n) is 7.61. The number of hydrogen-bond acceptors (Lipinski definition) is 6. The maximum Gasteiger partial charge on any atom is 0.253 e. The quantitative estimate of drug-likeness (QED) is 0.654. The molecule has 0 unspecified atom stereocenters. The van der Waals surface area contributed by atoms with Crippen LogP contribution in [-0.4, -0.2) is 32.7 Å². The summed E-state index contributed by atoms with van der Waals surface area (Å²) >= 11 is 0. The van der Waals surface area contributed by atoms with Gasteiger partial charge in [-0.15, -0.1) is 0 Å². The number of aromatic nitrogens is 3. The van der Waals surface area contributed by atoms with E-state index in [-0.39, 0.29) is 23.8 Å².